The van der Waals surface area contributed by atoms with Crippen LogP contribution < -0.4 is 0 Å². The Bertz CT molecular complexity index is 518. The SMILES string of the molecule is CC1=C(c2ccc[pH]2)Cc2ccccc21. The fourth-order valence-electron chi connectivity index (χ4n) is 2.34. The molecule has 1 aromatic heterocycles. The molecular weight excluding hydrogens is 199 g/mol. The second kappa shape index (κ2) is 3.40. The van der Waals surface area contributed by atoms with E-state index in [2.05, 4.69) is 49.1 Å². The second-order valence-corrected chi connectivity index (χ2v) is 5.18. The summed E-state index contributed by atoms with van der Waals surface area (Å²) in [4.78, 5) is 0. The second-order valence-electron chi connectivity index (χ2n) is 4.02. The predicted octanol–water partition coefficient (Wildman–Crippen LogP) is 4.20. The summed E-state index contributed by atoms with van der Waals surface area (Å²) in [6, 6.07) is 13.2. The van der Waals surface area contributed by atoms with Crippen LogP contribution in [0.25, 0.3) is 11.1 Å². The monoisotopic (exact) mass is 212 g/mol. The fraction of sp³-hybridized carbons (Fsp3) is 0.143. The first-order chi connectivity index (χ1) is 7.36. The van der Waals surface area contributed by atoms with E-state index in [9.17, 15) is 0 Å². The molecule has 1 heteroatoms. The van der Waals surface area contributed by atoms with Gasteiger partial charge in [0.25, 0.3) is 0 Å². The third-order valence-corrected chi connectivity index (χ3v) is 4.30. The number of hydrogen-bond donors (Lipinski definition) is 0. The highest BCUT2D eigenvalue weighted by Crippen LogP contribution is 2.40. The molecule has 3 rings (SSSR count). The Morgan fingerprint density at radius 2 is 1.93 bits per heavy atom. The van der Waals surface area contributed by atoms with Gasteiger partial charge in [-0.3, -0.25) is 0 Å². The molecule has 1 heterocycles. The van der Waals surface area contributed by atoms with Gasteiger partial charge in [-0.25, -0.2) is 0 Å². The van der Waals surface area contributed by atoms with Crippen molar-refractivity contribution in [2.24, 2.45) is 0 Å². The number of hydrogen-bond acceptors (Lipinski definition) is 0. The van der Waals surface area contributed by atoms with E-state index in [1.165, 1.54) is 22.0 Å². The van der Waals surface area contributed by atoms with Crippen molar-refractivity contribution < 1.29 is 0 Å². The third-order valence-electron chi connectivity index (χ3n) is 3.16. The molecule has 0 nitrogen and oxygen atoms in total. The van der Waals surface area contributed by atoms with Crippen molar-refractivity contribution in [2.75, 3.05) is 0 Å². The molecule has 0 N–H and O–H groups in total. The molecule has 0 amide bonds. The lowest BCUT2D eigenvalue weighted by molar-refractivity contribution is 1.33. The minimum atomic E-state index is 0.870. The maximum Gasteiger partial charge on any atom is -0.000775 e. The average molecular weight is 212 g/mol. The van der Waals surface area contributed by atoms with Crippen LogP contribution in [-0.2, 0) is 6.42 Å². The van der Waals surface area contributed by atoms with E-state index in [1.54, 1.807) is 5.57 Å². The molecule has 15 heavy (non-hydrogen) atoms. The van der Waals surface area contributed by atoms with Crippen molar-refractivity contribution in [2.45, 2.75) is 13.3 Å². The largest absolute Gasteiger partial charge is 0.132 e. The molecule has 0 saturated carbocycles. The van der Waals surface area contributed by atoms with E-state index in [-0.39, 0.29) is 0 Å². The van der Waals surface area contributed by atoms with Gasteiger partial charge in [0.1, 0.15) is 0 Å². The summed E-state index contributed by atoms with van der Waals surface area (Å²) in [6.45, 7) is 2.25. The van der Waals surface area contributed by atoms with Crippen LogP contribution in [0.4, 0.5) is 0 Å². The summed E-state index contributed by atoms with van der Waals surface area (Å²) in [7, 11) is 0.870. The summed E-state index contributed by atoms with van der Waals surface area (Å²) in [5.74, 6) is 2.26. The third kappa shape index (κ3) is 1.37. The Hall–Kier alpha value is -1.26. The molecule has 0 radical (unpaired) electrons. The van der Waals surface area contributed by atoms with Crippen molar-refractivity contribution in [3.8, 4) is 0 Å². The summed E-state index contributed by atoms with van der Waals surface area (Å²) in [5.41, 5.74) is 5.97. The lowest BCUT2D eigenvalue weighted by atomic mass is 10.1. The highest BCUT2D eigenvalue weighted by Gasteiger charge is 2.18. The Morgan fingerprint density at radius 3 is 2.67 bits per heavy atom. The molecule has 0 fully saturated rings. The Kier molecular flexibility index (Phi) is 2.04. The Labute approximate surface area is 91.7 Å². The molecule has 0 bridgehead atoms. The zero-order valence-electron chi connectivity index (χ0n) is 8.75. The van der Waals surface area contributed by atoms with Crippen LogP contribution in [0.1, 0.15) is 23.3 Å². The molecule has 1 unspecified atom stereocenters. The number of rotatable bonds is 1. The number of fused-ring (bicyclic) bond motifs is 1. The predicted molar refractivity (Wildman–Crippen MR) is 68.6 cm³/mol. The zero-order valence-corrected chi connectivity index (χ0v) is 9.75. The first kappa shape index (κ1) is 9.00. The van der Waals surface area contributed by atoms with Crippen LogP contribution in [0.3, 0.4) is 0 Å². The lowest BCUT2D eigenvalue weighted by Crippen LogP contribution is -1.81. The number of allylic oxidation sites excluding steroid dienone is 2. The van der Waals surface area contributed by atoms with Gasteiger partial charge >= 0.3 is 0 Å². The summed E-state index contributed by atoms with van der Waals surface area (Å²) >= 11 is 0. The molecule has 2 aromatic rings. The topological polar surface area (TPSA) is 0 Å². The van der Waals surface area contributed by atoms with E-state index in [4.69, 9.17) is 0 Å². The molecular formula is C14H13P. The maximum atomic E-state index is 2.27. The number of benzene rings is 1. The average Bonchev–Trinajstić information content (AvgIpc) is 2.87. The summed E-state index contributed by atoms with van der Waals surface area (Å²) < 4.78 is 0. The highest BCUT2D eigenvalue weighted by molar-refractivity contribution is 7.31. The molecule has 1 aromatic carbocycles. The molecule has 0 saturated heterocycles. The molecule has 1 aliphatic rings. The van der Waals surface area contributed by atoms with Crippen molar-refractivity contribution >= 4 is 19.3 Å². The van der Waals surface area contributed by atoms with Gasteiger partial charge in [0.2, 0.25) is 0 Å². The van der Waals surface area contributed by atoms with Gasteiger partial charge < -0.3 is 0 Å². The van der Waals surface area contributed by atoms with Crippen molar-refractivity contribution in [3.05, 3.63) is 58.6 Å². The minimum Gasteiger partial charge on any atom is -0.132 e. The van der Waals surface area contributed by atoms with Gasteiger partial charge in [-0.05, 0) is 46.7 Å². The standard InChI is InChI=1S/C14H13P/c1-10-12-6-3-2-5-11(12)9-13(10)14-7-4-8-15-14/h2-8,15H,9H2,1H3. The molecule has 1 aliphatic carbocycles. The van der Waals surface area contributed by atoms with Crippen molar-refractivity contribution in [1.29, 1.82) is 0 Å². The van der Waals surface area contributed by atoms with Crippen LogP contribution in [-0.4, -0.2) is 0 Å². The van der Waals surface area contributed by atoms with E-state index in [1.807, 2.05) is 0 Å². The highest BCUT2D eigenvalue weighted by atomic mass is 31.0. The zero-order chi connectivity index (χ0) is 10.3. The minimum absolute atomic E-state index is 0.870. The molecule has 0 aliphatic heterocycles. The quantitative estimate of drug-likeness (QED) is 0.664. The molecule has 0 spiro atoms. The lowest BCUT2D eigenvalue weighted by Gasteiger charge is -2.00. The maximum absolute atomic E-state index is 2.27. The molecule has 1 atom stereocenters. The van der Waals surface area contributed by atoms with Gasteiger partial charge in [0.15, 0.2) is 0 Å². The van der Waals surface area contributed by atoms with Gasteiger partial charge in [0, 0.05) is 0 Å². The smallest absolute Gasteiger partial charge is 0.000775 e. The summed E-state index contributed by atoms with van der Waals surface area (Å²) in [6.07, 6.45) is 1.13. The summed E-state index contributed by atoms with van der Waals surface area (Å²) in [5, 5.41) is 1.53. The fourth-order valence-corrected chi connectivity index (χ4v) is 3.36. The Morgan fingerprint density at radius 1 is 1.07 bits per heavy atom. The van der Waals surface area contributed by atoms with Crippen LogP contribution in [0.5, 0.6) is 0 Å². The van der Waals surface area contributed by atoms with E-state index >= 15 is 0 Å². The normalized spacial score (nSPS) is 15.0. The van der Waals surface area contributed by atoms with Gasteiger partial charge in [-0.1, -0.05) is 36.4 Å². The van der Waals surface area contributed by atoms with E-state index in [0.717, 1.165) is 14.6 Å². The van der Waals surface area contributed by atoms with Gasteiger partial charge in [-0.2, -0.15) is 0 Å². The van der Waals surface area contributed by atoms with E-state index in [0.29, 0.717) is 0 Å². The van der Waals surface area contributed by atoms with Crippen LogP contribution >= 0.6 is 8.19 Å². The van der Waals surface area contributed by atoms with Gasteiger partial charge in [-0.15, -0.1) is 8.19 Å². The van der Waals surface area contributed by atoms with Crippen molar-refractivity contribution in [3.63, 3.8) is 0 Å². The first-order valence-electron chi connectivity index (χ1n) is 5.28. The van der Waals surface area contributed by atoms with Crippen LogP contribution in [0, 0.1) is 0 Å². The first-order valence-corrected chi connectivity index (χ1v) is 6.36. The van der Waals surface area contributed by atoms with Crippen LogP contribution in [0.2, 0.25) is 0 Å². The Balaban J connectivity index is 2.13. The molecule has 74 valence electrons. The van der Waals surface area contributed by atoms with Gasteiger partial charge in [0.05, 0.1) is 0 Å². The van der Waals surface area contributed by atoms with Crippen molar-refractivity contribution in [1.82, 2.24) is 0 Å². The van der Waals surface area contributed by atoms with E-state index < -0.39 is 0 Å². The van der Waals surface area contributed by atoms with Crippen LogP contribution in [0.15, 0.2) is 42.2 Å².